The number of nitrogens with zero attached hydrogens (tertiary/aromatic N) is 6. The van der Waals surface area contributed by atoms with Crippen LogP contribution in [-0.4, -0.2) is 56.2 Å². The molecule has 10 nitrogen and oxygen atoms in total. The maximum atomic E-state index is 11.4. The first-order valence-corrected chi connectivity index (χ1v) is 8.15. The average Bonchev–Trinajstić information content (AvgIpc) is 3.05. The molecule has 3 rings (SSSR count). The van der Waals surface area contributed by atoms with Gasteiger partial charge in [-0.15, -0.1) is 0 Å². The van der Waals surface area contributed by atoms with E-state index in [1.807, 2.05) is 0 Å². The lowest BCUT2D eigenvalue weighted by molar-refractivity contribution is 0.595. The number of nitrogens with one attached hydrogen (secondary N) is 1. The summed E-state index contributed by atoms with van der Waals surface area (Å²) < 4.78 is 24.2. The van der Waals surface area contributed by atoms with Crippen molar-refractivity contribution in [2.75, 3.05) is 29.1 Å². The maximum Gasteiger partial charge on any atom is 0.258 e. The van der Waals surface area contributed by atoms with E-state index in [2.05, 4.69) is 30.4 Å². The molecule has 1 saturated heterocycles. The Morgan fingerprint density at radius 3 is 2.90 bits per heavy atom. The van der Waals surface area contributed by atoms with Gasteiger partial charge < -0.3 is 11.1 Å². The fraction of sp³-hybridized carbons (Fsp3) is 0.500. The molecule has 0 spiro atoms. The maximum absolute atomic E-state index is 11.4. The highest BCUT2D eigenvalue weighted by atomic mass is 32.2. The molecule has 3 N–H and O–H groups in total. The van der Waals surface area contributed by atoms with Crippen molar-refractivity contribution < 1.29 is 8.42 Å². The van der Waals surface area contributed by atoms with Gasteiger partial charge in [0.15, 0.2) is 9.84 Å². The van der Waals surface area contributed by atoms with E-state index in [0.29, 0.717) is 13.0 Å². The van der Waals surface area contributed by atoms with Crippen molar-refractivity contribution in [2.24, 2.45) is 5.92 Å². The van der Waals surface area contributed by atoms with Crippen LogP contribution in [0, 0.1) is 5.92 Å². The summed E-state index contributed by atoms with van der Waals surface area (Å²) in [4.78, 5) is 15.9. The molecular formula is C10H14N8O2S. The Morgan fingerprint density at radius 2 is 2.24 bits per heavy atom. The lowest BCUT2D eigenvalue weighted by Gasteiger charge is -2.10. The molecule has 1 aliphatic rings. The zero-order chi connectivity index (χ0) is 14.9. The lowest BCUT2D eigenvalue weighted by Crippen LogP contribution is -2.18. The van der Waals surface area contributed by atoms with E-state index in [4.69, 9.17) is 5.73 Å². The molecule has 11 heteroatoms. The summed E-state index contributed by atoms with van der Waals surface area (Å²) in [7, 11) is -2.89. The quantitative estimate of drug-likeness (QED) is 0.718. The summed E-state index contributed by atoms with van der Waals surface area (Å²) in [6, 6.07) is 0. The monoisotopic (exact) mass is 310 g/mol. The van der Waals surface area contributed by atoms with Gasteiger partial charge in [0, 0.05) is 6.54 Å². The molecule has 3 heterocycles. The molecule has 21 heavy (non-hydrogen) atoms. The highest BCUT2D eigenvalue weighted by Crippen LogP contribution is 2.18. The van der Waals surface area contributed by atoms with E-state index in [0.717, 1.165) is 0 Å². The van der Waals surface area contributed by atoms with E-state index in [1.54, 1.807) is 0 Å². The minimum atomic E-state index is -2.89. The third-order valence-corrected chi connectivity index (χ3v) is 4.98. The van der Waals surface area contributed by atoms with Crippen LogP contribution >= 0.6 is 0 Å². The molecule has 1 aliphatic heterocycles. The minimum Gasteiger partial charge on any atom is -0.368 e. The highest BCUT2D eigenvalue weighted by molar-refractivity contribution is 7.91. The number of hydrogen-bond acceptors (Lipinski definition) is 9. The number of nitrogen functional groups attached to an aromatic ring is 1. The van der Waals surface area contributed by atoms with E-state index in [1.165, 1.54) is 17.3 Å². The Bertz CT molecular complexity index is 730. The second-order valence-corrected chi connectivity index (χ2v) is 7.04. The molecule has 0 aromatic carbocycles. The number of rotatable bonds is 4. The summed E-state index contributed by atoms with van der Waals surface area (Å²) in [5.74, 6) is 1.08. The Balaban J connectivity index is 1.71. The van der Waals surface area contributed by atoms with Gasteiger partial charge in [-0.25, -0.2) is 13.4 Å². The van der Waals surface area contributed by atoms with Crippen LogP contribution in [0.1, 0.15) is 6.42 Å². The first-order valence-electron chi connectivity index (χ1n) is 6.33. The van der Waals surface area contributed by atoms with Crippen molar-refractivity contribution in [1.82, 2.24) is 29.7 Å². The number of sulfone groups is 1. The fourth-order valence-corrected chi connectivity index (χ4v) is 4.00. The molecule has 1 unspecified atom stereocenters. The molecule has 2 aromatic heterocycles. The average molecular weight is 310 g/mol. The number of hydrogen-bond donors (Lipinski definition) is 2. The molecule has 1 atom stereocenters. The zero-order valence-electron chi connectivity index (χ0n) is 11.0. The first kappa shape index (κ1) is 13.7. The van der Waals surface area contributed by atoms with Gasteiger partial charge in [-0.1, -0.05) is 0 Å². The first-order chi connectivity index (χ1) is 10.0. The second kappa shape index (κ2) is 5.24. The number of nitrogens with two attached hydrogens (primary N) is 1. The standard InChI is InChI=1S/C10H14N8O2S/c11-8-15-9(13-3-7-1-2-21(19,20)4-7)17-10(16-8)18-6-12-5-14-18/h5-7H,1-4H2,(H3,11,13,15,16,17). The van der Waals surface area contributed by atoms with Crippen molar-refractivity contribution in [3.63, 3.8) is 0 Å². The van der Waals surface area contributed by atoms with Crippen LogP contribution in [0.4, 0.5) is 11.9 Å². The van der Waals surface area contributed by atoms with E-state index in [-0.39, 0.29) is 35.3 Å². The SMILES string of the molecule is Nc1nc(NCC2CCS(=O)(=O)C2)nc(-n2cncn2)n1. The topological polar surface area (TPSA) is 142 Å². The predicted octanol–water partition coefficient (Wildman–Crippen LogP) is -1.12. The Kier molecular flexibility index (Phi) is 3.41. The summed E-state index contributed by atoms with van der Waals surface area (Å²) in [6.07, 6.45) is 3.45. The molecule has 2 aromatic rings. The van der Waals surface area contributed by atoms with Crippen molar-refractivity contribution >= 4 is 21.7 Å². The van der Waals surface area contributed by atoms with Crippen LogP contribution in [0.5, 0.6) is 0 Å². The summed E-state index contributed by atoms with van der Waals surface area (Å²) in [5.41, 5.74) is 5.63. The number of aromatic nitrogens is 6. The van der Waals surface area contributed by atoms with Crippen molar-refractivity contribution in [1.29, 1.82) is 0 Å². The van der Waals surface area contributed by atoms with Crippen molar-refractivity contribution in [2.45, 2.75) is 6.42 Å². The van der Waals surface area contributed by atoms with E-state index < -0.39 is 9.84 Å². The molecule has 112 valence electrons. The van der Waals surface area contributed by atoms with Crippen LogP contribution in [-0.2, 0) is 9.84 Å². The van der Waals surface area contributed by atoms with Gasteiger partial charge in [0.2, 0.25) is 11.9 Å². The summed E-state index contributed by atoms with van der Waals surface area (Å²) in [6.45, 7) is 0.472. The normalized spacial score (nSPS) is 20.5. The van der Waals surface area contributed by atoms with Gasteiger partial charge in [-0.05, 0) is 12.3 Å². The molecule has 0 radical (unpaired) electrons. The van der Waals surface area contributed by atoms with Gasteiger partial charge >= 0.3 is 0 Å². The smallest absolute Gasteiger partial charge is 0.258 e. The van der Waals surface area contributed by atoms with Gasteiger partial charge in [0.25, 0.3) is 5.95 Å². The lowest BCUT2D eigenvalue weighted by atomic mass is 10.1. The molecule has 0 amide bonds. The van der Waals surface area contributed by atoms with Crippen LogP contribution in [0.15, 0.2) is 12.7 Å². The van der Waals surface area contributed by atoms with Crippen molar-refractivity contribution in [3.05, 3.63) is 12.7 Å². The van der Waals surface area contributed by atoms with Gasteiger partial charge in [-0.2, -0.15) is 24.7 Å². The largest absolute Gasteiger partial charge is 0.368 e. The predicted molar refractivity (Wildman–Crippen MR) is 74.4 cm³/mol. The Morgan fingerprint density at radius 1 is 1.38 bits per heavy atom. The van der Waals surface area contributed by atoms with Gasteiger partial charge in [0.1, 0.15) is 12.7 Å². The molecule has 0 aliphatic carbocycles. The Hall–Kier alpha value is -2.30. The van der Waals surface area contributed by atoms with E-state index in [9.17, 15) is 8.42 Å². The van der Waals surface area contributed by atoms with Gasteiger partial charge in [-0.3, -0.25) is 0 Å². The van der Waals surface area contributed by atoms with Crippen LogP contribution < -0.4 is 11.1 Å². The third kappa shape index (κ3) is 3.24. The van der Waals surface area contributed by atoms with Crippen LogP contribution in [0.25, 0.3) is 5.95 Å². The molecule has 0 bridgehead atoms. The minimum absolute atomic E-state index is 0.0528. The molecule has 0 saturated carbocycles. The molecular weight excluding hydrogens is 296 g/mol. The Labute approximate surface area is 120 Å². The van der Waals surface area contributed by atoms with Crippen LogP contribution in [0.3, 0.4) is 0 Å². The van der Waals surface area contributed by atoms with Crippen molar-refractivity contribution in [3.8, 4) is 5.95 Å². The number of anilines is 2. The van der Waals surface area contributed by atoms with E-state index >= 15 is 0 Å². The fourth-order valence-electron chi connectivity index (χ4n) is 2.14. The zero-order valence-corrected chi connectivity index (χ0v) is 11.9. The van der Waals surface area contributed by atoms with Crippen LogP contribution in [0.2, 0.25) is 0 Å². The van der Waals surface area contributed by atoms with Gasteiger partial charge in [0.05, 0.1) is 11.5 Å². The summed E-state index contributed by atoms with van der Waals surface area (Å²) in [5, 5.41) is 6.91. The second-order valence-electron chi connectivity index (χ2n) is 4.81. The highest BCUT2D eigenvalue weighted by Gasteiger charge is 2.27. The third-order valence-electron chi connectivity index (χ3n) is 3.14. The summed E-state index contributed by atoms with van der Waals surface area (Å²) >= 11 is 0. The molecule has 1 fully saturated rings.